The van der Waals surface area contributed by atoms with Crippen molar-refractivity contribution in [2.75, 3.05) is 0 Å². The van der Waals surface area contributed by atoms with Crippen LogP contribution in [0.4, 0.5) is 0 Å². The molecule has 1 N–H and O–H groups in total. The van der Waals surface area contributed by atoms with Gasteiger partial charge in [-0.2, -0.15) is 0 Å². The van der Waals surface area contributed by atoms with E-state index in [2.05, 4.69) is 10.3 Å². The Morgan fingerprint density at radius 3 is 2.57 bits per heavy atom. The van der Waals surface area contributed by atoms with Crippen molar-refractivity contribution in [1.29, 1.82) is 0 Å². The van der Waals surface area contributed by atoms with Crippen LogP contribution in [0.15, 0.2) is 24.4 Å². The fourth-order valence-electron chi connectivity index (χ4n) is 1.09. The highest BCUT2D eigenvalue weighted by Gasteiger charge is 2.12. The number of hydrogen-bond acceptors (Lipinski definition) is 2. The number of nitrogens with one attached hydrogen (secondary N) is 1. The van der Waals surface area contributed by atoms with Crippen molar-refractivity contribution in [2.24, 2.45) is 5.92 Å². The molecule has 0 aliphatic carbocycles. The first-order valence-electron chi connectivity index (χ1n) is 4.82. The lowest BCUT2D eigenvalue weighted by molar-refractivity contribution is -0.124. The van der Waals surface area contributed by atoms with E-state index in [0.29, 0.717) is 0 Å². The van der Waals surface area contributed by atoms with E-state index in [4.69, 9.17) is 0 Å². The van der Waals surface area contributed by atoms with Crippen molar-refractivity contribution in [3.05, 3.63) is 30.1 Å². The lowest BCUT2D eigenvalue weighted by Gasteiger charge is -2.14. The molecule has 1 atom stereocenters. The summed E-state index contributed by atoms with van der Waals surface area (Å²) < 4.78 is 0. The Hall–Kier alpha value is -1.38. The maximum Gasteiger partial charge on any atom is 0.223 e. The average Bonchev–Trinajstić information content (AvgIpc) is 2.19. The molecule has 0 bridgehead atoms. The summed E-state index contributed by atoms with van der Waals surface area (Å²) in [5, 5.41) is 2.89. The Balaban J connectivity index is 2.59. The molecule has 76 valence electrons. The van der Waals surface area contributed by atoms with E-state index in [9.17, 15) is 4.79 Å². The van der Waals surface area contributed by atoms with Crippen molar-refractivity contribution < 1.29 is 4.79 Å². The van der Waals surface area contributed by atoms with Crippen molar-refractivity contribution in [3.63, 3.8) is 0 Å². The van der Waals surface area contributed by atoms with Crippen LogP contribution in [0.2, 0.25) is 0 Å². The molecule has 0 saturated carbocycles. The second-order valence-corrected chi connectivity index (χ2v) is 3.64. The molecule has 1 aromatic rings. The molecule has 1 rings (SSSR count). The molecule has 0 saturated heterocycles. The van der Waals surface area contributed by atoms with Gasteiger partial charge >= 0.3 is 0 Å². The molecule has 0 aromatic carbocycles. The predicted molar refractivity (Wildman–Crippen MR) is 55.6 cm³/mol. The molecule has 14 heavy (non-hydrogen) atoms. The van der Waals surface area contributed by atoms with E-state index in [1.807, 2.05) is 39.0 Å². The van der Waals surface area contributed by atoms with Crippen molar-refractivity contribution >= 4 is 5.91 Å². The molecule has 0 aliphatic heterocycles. The molecule has 0 aliphatic rings. The highest BCUT2D eigenvalue weighted by atomic mass is 16.1. The van der Waals surface area contributed by atoms with Crippen molar-refractivity contribution in [3.8, 4) is 0 Å². The molecular formula is C11H16N2O. The number of amides is 1. The van der Waals surface area contributed by atoms with E-state index < -0.39 is 0 Å². The summed E-state index contributed by atoms with van der Waals surface area (Å²) in [4.78, 5) is 15.6. The second kappa shape index (κ2) is 4.74. The molecule has 0 radical (unpaired) electrons. The smallest absolute Gasteiger partial charge is 0.223 e. The summed E-state index contributed by atoms with van der Waals surface area (Å²) in [6.45, 7) is 5.68. The number of carbonyl (C=O) groups is 1. The van der Waals surface area contributed by atoms with Gasteiger partial charge in [-0.25, -0.2) is 0 Å². The highest BCUT2D eigenvalue weighted by molar-refractivity contribution is 5.78. The minimum absolute atomic E-state index is 0.0150. The van der Waals surface area contributed by atoms with Gasteiger partial charge in [-0.3, -0.25) is 9.78 Å². The van der Waals surface area contributed by atoms with Crippen molar-refractivity contribution in [2.45, 2.75) is 26.8 Å². The quantitative estimate of drug-likeness (QED) is 0.795. The lowest BCUT2D eigenvalue weighted by atomic mass is 10.1. The molecule has 0 unspecified atom stereocenters. The van der Waals surface area contributed by atoms with Crippen LogP contribution in [0.25, 0.3) is 0 Å². The average molecular weight is 192 g/mol. The van der Waals surface area contributed by atoms with E-state index in [0.717, 1.165) is 5.69 Å². The Kier molecular flexibility index (Phi) is 3.63. The standard InChI is InChI=1S/C11H16N2O/c1-8(2)11(14)13-9(3)10-6-4-5-7-12-10/h4-9H,1-3H3,(H,13,14)/t9-/m1/s1. The molecule has 3 nitrogen and oxygen atoms in total. The van der Waals surface area contributed by atoms with Gasteiger partial charge in [0.15, 0.2) is 0 Å². The van der Waals surface area contributed by atoms with Gasteiger partial charge in [0, 0.05) is 12.1 Å². The maximum atomic E-state index is 11.4. The lowest BCUT2D eigenvalue weighted by Crippen LogP contribution is -2.30. The number of carbonyl (C=O) groups excluding carboxylic acids is 1. The van der Waals surface area contributed by atoms with Crippen LogP contribution < -0.4 is 5.32 Å². The molecular weight excluding hydrogens is 176 g/mol. The Bertz CT molecular complexity index is 295. The number of hydrogen-bond donors (Lipinski definition) is 1. The third-order valence-corrected chi connectivity index (χ3v) is 2.01. The van der Waals surface area contributed by atoms with Gasteiger partial charge in [0.05, 0.1) is 11.7 Å². The first-order valence-corrected chi connectivity index (χ1v) is 4.82. The first-order chi connectivity index (χ1) is 6.61. The maximum absolute atomic E-state index is 11.4. The fraction of sp³-hybridized carbons (Fsp3) is 0.455. The molecule has 0 spiro atoms. The zero-order chi connectivity index (χ0) is 10.6. The van der Waals surface area contributed by atoms with Crippen LogP contribution in [0.1, 0.15) is 32.5 Å². The van der Waals surface area contributed by atoms with Crippen LogP contribution in [0.5, 0.6) is 0 Å². The minimum atomic E-state index is -0.0221. The predicted octanol–water partition coefficient (Wildman–Crippen LogP) is 1.91. The van der Waals surface area contributed by atoms with Crippen LogP contribution in [0, 0.1) is 5.92 Å². The van der Waals surface area contributed by atoms with Gasteiger partial charge in [-0.15, -0.1) is 0 Å². The number of nitrogens with zero attached hydrogens (tertiary/aromatic N) is 1. The third-order valence-electron chi connectivity index (χ3n) is 2.01. The van der Waals surface area contributed by atoms with E-state index in [1.165, 1.54) is 0 Å². The van der Waals surface area contributed by atoms with Gasteiger partial charge in [-0.05, 0) is 19.1 Å². The summed E-state index contributed by atoms with van der Waals surface area (Å²) in [7, 11) is 0. The zero-order valence-electron chi connectivity index (χ0n) is 8.82. The molecule has 3 heteroatoms. The fourth-order valence-corrected chi connectivity index (χ4v) is 1.09. The number of rotatable bonds is 3. The molecule has 1 heterocycles. The summed E-state index contributed by atoms with van der Waals surface area (Å²) in [6, 6.07) is 5.66. The third kappa shape index (κ3) is 2.83. The topological polar surface area (TPSA) is 42.0 Å². The number of pyridine rings is 1. The Morgan fingerprint density at radius 2 is 2.07 bits per heavy atom. The van der Waals surface area contributed by atoms with Crippen LogP contribution in [0.3, 0.4) is 0 Å². The van der Waals surface area contributed by atoms with E-state index in [-0.39, 0.29) is 17.9 Å². The van der Waals surface area contributed by atoms with Gasteiger partial charge in [0.1, 0.15) is 0 Å². The van der Waals surface area contributed by atoms with Gasteiger partial charge in [-0.1, -0.05) is 19.9 Å². The molecule has 0 fully saturated rings. The highest BCUT2D eigenvalue weighted by Crippen LogP contribution is 2.08. The summed E-state index contributed by atoms with van der Waals surface area (Å²) in [6.07, 6.45) is 1.73. The van der Waals surface area contributed by atoms with Crippen LogP contribution >= 0.6 is 0 Å². The Morgan fingerprint density at radius 1 is 1.36 bits per heavy atom. The Labute approximate surface area is 84.6 Å². The van der Waals surface area contributed by atoms with Crippen LogP contribution in [-0.2, 0) is 4.79 Å². The normalized spacial score (nSPS) is 12.6. The van der Waals surface area contributed by atoms with Gasteiger partial charge < -0.3 is 5.32 Å². The SMILES string of the molecule is CC(C)C(=O)N[C@H](C)c1ccccn1. The number of aromatic nitrogens is 1. The van der Waals surface area contributed by atoms with Crippen molar-refractivity contribution in [1.82, 2.24) is 10.3 Å². The van der Waals surface area contributed by atoms with Gasteiger partial charge in [0.25, 0.3) is 0 Å². The largest absolute Gasteiger partial charge is 0.348 e. The monoisotopic (exact) mass is 192 g/mol. The molecule has 1 aromatic heterocycles. The summed E-state index contributed by atoms with van der Waals surface area (Å²) in [5.41, 5.74) is 0.890. The minimum Gasteiger partial charge on any atom is -0.348 e. The van der Waals surface area contributed by atoms with E-state index in [1.54, 1.807) is 6.20 Å². The summed E-state index contributed by atoms with van der Waals surface area (Å²) >= 11 is 0. The first kappa shape index (κ1) is 10.7. The summed E-state index contributed by atoms with van der Waals surface area (Å²) in [5.74, 6) is 0.0734. The second-order valence-electron chi connectivity index (χ2n) is 3.64. The van der Waals surface area contributed by atoms with E-state index >= 15 is 0 Å². The molecule has 1 amide bonds. The zero-order valence-corrected chi connectivity index (χ0v) is 8.82. The van der Waals surface area contributed by atoms with Crippen LogP contribution in [-0.4, -0.2) is 10.9 Å². The van der Waals surface area contributed by atoms with Gasteiger partial charge in [0.2, 0.25) is 5.91 Å².